The summed E-state index contributed by atoms with van der Waals surface area (Å²) in [5.74, 6) is 0.779. The summed E-state index contributed by atoms with van der Waals surface area (Å²) in [5.41, 5.74) is 6.05. The number of rotatable bonds is 1. The molecule has 0 amide bonds. The Labute approximate surface area is 74.7 Å². The van der Waals surface area contributed by atoms with Gasteiger partial charge in [0.2, 0.25) is 5.95 Å². The highest BCUT2D eigenvalue weighted by molar-refractivity contribution is 5.49. The Morgan fingerprint density at radius 1 is 1.00 bits per heavy atom. The Hall–Kier alpha value is -2.04. The van der Waals surface area contributed by atoms with E-state index in [1.165, 1.54) is 0 Å². The fourth-order valence-electron chi connectivity index (χ4n) is 0.930. The van der Waals surface area contributed by atoms with Crippen molar-refractivity contribution in [3.8, 4) is 11.5 Å². The Balaban J connectivity index is 2.48. The number of aromatic nitrogens is 4. The van der Waals surface area contributed by atoms with E-state index >= 15 is 0 Å². The molecule has 5 nitrogen and oxygen atoms in total. The van der Waals surface area contributed by atoms with Crippen LogP contribution in [0.4, 0.5) is 5.95 Å². The molecule has 5 heteroatoms. The Morgan fingerprint density at radius 2 is 1.77 bits per heavy atom. The number of hydrogen-bond donors (Lipinski definition) is 1. The van der Waals surface area contributed by atoms with Crippen molar-refractivity contribution < 1.29 is 0 Å². The van der Waals surface area contributed by atoms with Crippen LogP contribution in [0.5, 0.6) is 0 Å². The zero-order chi connectivity index (χ0) is 9.10. The lowest BCUT2D eigenvalue weighted by atomic mass is 10.4. The summed E-state index contributed by atoms with van der Waals surface area (Å²) < 4.78 is 0. The van der Waals surface area contributed by atoms with Gasteiger partial charge < -0.3 is 5.73 Å². The number of nitrogens with two attached hydrogens (primary N) is 1. The predicted molar refractivity (Wildman–Crippen MR) is 47.5 cm³/mol. The zero-order valence-electron chi connectivity index (χ0n) is 6.75. The largest absolute Gasteiger partial charge is 0.368 e. The van der Waals surface area contributed by atoms with Crippen molar-refractivity contribution in [1.82, 2.24) is 19.9 Å². The predicted octanol–water partition coefficient (Wildman–Crippen LogP) is 0.516. The van der Waals surface area contributed by atoms with Gasteiger partial charge in [-0.15, -0.1) is 0 Å². The van der Waals surface area contributed by atoms with E-state index in [0.717, 1.165) is 0 Å². The molecular weight excluding hydrogens is 166 g/mol. The summed E-state index contributed by atoms with van der Waals surface area (Å²) in [6, 6.07) is 3.46. The van der Waals surface area contributed by atoms with Crippen LogP contribution in [0.25, 0.3) is 11.5 Å². The van der Waals surface area contributed by atoms with Gasteiger partial charge in [0.1, 0.15) is 5.69 Å². The van der Waals surface area contributed by atoms with Crippen LogP contribution in [-0.2, 0) is 0 Å². The van der Waals surface area contributed by atoms with Gasteiger partial charge in [0.05, 0.1) is 0 Å². The van der Waals surface area contributed by atoms with Crippen LogP contribution < -0.4 is 5.73 Å². The van der Waals surface area contributed by atoms with Gasteiger partial charge in [-0.2, -0.15) is 0 Å². The van der Waals surface area contributed by atoms with E-state index in [9.17, 15) is 0 Å². The lowest BCUT2D eigenvalue weighted by Crippen LogP contribution is -1.97. The van der Waals surface area contributed by atoms with Gasteiger partial charge in [-0.25, -0.2) is 19.9 Å². The number of nitrogens with zero attached hydrogens (tertiary/aromatic N) is 4. The van der Waals surface area contributed by atoms with Crippen molar-refractivity contribution in [3.05, 3.63) is 30.7 Å². The van der Waals surface area contributed by atoms with E-state index in [2.05, 4.69) is 19.9 Å². The maximum Gasteiger partial charge on any atom is 0.220 e. The Morgan fingerprint density at radius 3 is 2.46 bits per heavy atom. The highest BCUT2D eigenvalue weighted by Crippen LogP contribution is 2.09. The van der Waals surface area contributed by atoms with Gasteiger partial charge in [0, 0.05) is 18.6 Å². The third-order valence-electron chi connectivity index (χ3n) is 1.47. The second-order valence-corrected chi connectivity index (χ2v) is 2.37. The molecule has 13 heavy (non-hydrogen) atoms. The zero-order valence-corrected chi connectivity index (χ0v) is 6.75. The average Bonchev–Trinajstić information content (AvgIpc) is 2.19. The fourth-order valence-corrected chi connectivity index (χ4v) is 0.930. The van der Waals surface area contributed by atoms with E-state index < -0.39 is 0 Å². The lowest BCUT2D eigenvalue weighted by molar-refractivity contribution is 1.11. The molecule has 2 N–H and O–H groups in total. The van der Waals surface area contributed by atoms with E-state index in [1.54, 1.807) is 30.7 Å². The molecule has 64 valence electrons. The summed E-state index contributed by atoms with van der Waals surface area (Å²) in [6.07, 6.45) is 4.88. The summed E-state index contributed by atoms with van der Waals surface area (Å²) in [6.45, 7) is 0. The van der Waals surface area contributed by atoms with Gasteiger partial charge in [0.15, 0.2) is 5.82 Å². The lowest BCUT2D eigenvalue weighted by Gasteiger charge is -1.97. The van der Waals surface area contributed by atoms with Gasteiger partial charge in [-0.1, -0.05) is 0 Å². The fraction of sp³-hybridized carbons (Fsp3) is 0. The van der Waals surface area contributed by atoms with Crippen LogP contribution in [0.3, 0.4) is 0 Å². The molecule has 0 radical (unpaired) electrons. The molecule has 2 heterocycles. The van der Waals surface area contributed by atoms with Gasteiger partial charge in [-0.05, 0) is 12.1 Å². The molecule has 0 fully saturated rings. The second kappa shape index (κ2) is 3.14. The van der Waals surface area contributed by atoms with Crippen molar-refractivity contribution >= 4 is 5.95 Å². The van der Waals surface area contributed by atoms with Gasteiger partial charge in [-0.3, -0.25) is 0 Å². The van der Waals surface area contributed by atoms with E-state index in [1.807, 2.05) is 0 Å². The summed E-state index contributed by atoms with van der Waals surface area (Å²) in [7, 11) is 0. The molecule has 2 rings (SSSR count). The highest BCUT2D eigenvalue weighted by Gasteiger charge is 2.00. The molecule has 0 aliphatic rings. The van der Waals surface area contributed by atoms with Crippen molar-refractivity contribution in [3.63, 3.8) is 0 Å². The van der Waals surface area contributed by atoms with Crippen molar-refractivity contribution in [1.29, 1.82) is 0 Å². The third-order valence-corrected chi connectivity index (χ3v) is 1.47. The summed E-state index contributed by atoms with van der Waals surface area (Å²) >= 11 is 0. The first-order chi connectivity index (χ1) is 6.36. The Kier molecular flexibility index (Phi) is 1.84. The molecule has 0 unspecified atom stereocenters. The molecule has 0 aliphatic heterocycles. The van der Waals surface area contributed by atoms with Gasteiger partial charge in [0.25, 0.3) is 0 Å². The van der Waals surface area contributed by atoms with Gasteiger partial charge >= 0.3 is 0 Å². The molecule has 0 aliphatic carbocycles. The maximum atomic E-state index is 5.42. The standard InChI is InChI=1S/C8H7N5/c9-8-12-5-2-6(13-8)7-10-3-1-4-11-7/h1-5H,(H2,9,12,13). The topological polar surface area (TPSA) is 77.6 Å². The molecule has 0 atom stereocenters. The normalized spacial score (nSPS) is 9.85. The van der Waals surface area contributed by atoms with Crippen molar-refractivity contribution in [2.45, 2.75) is 0 Å². The first kappa shape index (κ1) is 7.60. The highest BCUT2D eigenvalue weighted by atomic mass is 15.0. The molecule has 0 saturated heterocycles. The summed E-state index contributed by atoms with van der Waals surface area (Å²) in [5, 5.41) is 0. The molecular formula is C8H7N5. The van der Waals surface area contributed by atoms with Crippen LogP contribution in [0, 0.1) is 0 Å². The Bertz CT molecular complexity index is 400. The van der Waals surface area contributed by atoms with E-state index in [4.69, 9.17) is 5.73 Å². The van der Waals surface area contributed by atoms with Crippen LogP contribution >= 0.6 is 0 Å². The summed E-state index contributed by atoms with van der Waals surface area (Å²) in [4.78, 5) is 15.8. The van der Waals surface area contributed by atoms with Crippen LogP contribution in [0.1, 0.15) is 0 Å². The number of hydrogen-bond acceptors (Lipinski definition) is 5. The molecule has 0 spiro atoms. The third kappa shape index (κ3) is 1.58. The van der Waals surface area contributed by atoms with Crippen molar-refractivity contribution in [2.75, 3.05) is 5.73 Å². The SMILES string of the molecule is Nc1nccc(-c2ncccn2)n1. The molecule has 2 aromatic heterocycles. The minimum absolute atomic E-state index is 0.227. The quantitative estimate of drug-likeness (QED) is 0.680. The van der Waals surface area contributed by atoms with Crippen LogP contribution in [0.2, 0.25) is 0 Å². The minimum Gasteiger partial charge on any atom is -0.368 e. The molecule has 0 aromatic carbocycles. The minimum atomic E-state index is 0.227. The number of nitrogen functional groups attached to an aromatic ring is 1. The molecule has 0 bridgehead atoms. The number of anilines is 1. The van der Waals surface area contributed by atoms with Crippen LogP contribution in [-0.4, -0.2) is 19.9 Å². The van der Waals surface area contributed by atoms with E-state index in [0.29, 0.717) is 11.5 Å². The average molecular weight is 173 g/mol. The maximum absolute atomic E-state index is 5.42. The first-order valence-electron chi connectivity index (χ1n) is 3.72. The molecule has 2 aromatic rings. The monoisotopic (exact) mass is 173 g/mol. The van der Waals surface area contributed by atoms with E-state index in [-0.39, 0.29) is 5.95 Å². The first-order valence-corrected chi connectivity index (χ1v) is 3.72. The molecule has 0 saturated carbocycles. The smallest absolute Gasteiger partial charge is 0.220 e. The van der Waals surface area contributed by atoms with Crippen LogP contribution in [0.15, 0.2) is 30.7 Å². The van der Waals surface area contributed by atoms with Crippen molar-refractivity contribution in [2.24, 2.45) is 0 Å². The second-order valence-electron chi connectivity index (χ2n) is 2.37.